The van der Waals surface area contributed by atoms with E-state index in [0.717, 1.165) is 43.1 Å². The van der Waals surface area contributed by atoms with E-state index in [1.54, 1.807) is 29.5 Å². The number of halogens is 2. The van der Waals surface area contributed by atoms with E-state index >= 15 is 0 Å². The van der Waals surface area contributed by atoms with Crippen molar-refractivity contribution in [2.45, 2.75) is 37.5 Å². The number of carbonyl (C=O) groups excluding carboxylic acids is 1. The first-order valence-corrected chi connectivity index (χ1v) is 12.4. The van der Waals surface area contributed by atoms with Crippen molar-refractivity contribution in [1.29, 1.82) is 0 Å². The number of rotatable bonds is 4. The molecule has 4 aromatic rings. The lowest BCUT2D eigenvalue weighted by molar-refractivity contribution is -0.113. The van der Waals surface area contributed by atoms with Crippen LogP contribution in [0.25, 0.3) is 20.4 Å². The topological polar surface area (TPSA) is 77.0 Å². The molecule has 4 heterocycles. The maximum atomic E-state index is 12.5. The molecule has 0 aliphatic carbocycles. The van der Waals surface area contributed by atoms with Gasteiger partial charge in [0.1, 0.15) is 16.2 Å². The van der Waals surface area contributed by atoms with Gasteiger partial charge in [-0.05, 0) is 38.1 Å². The van der Waals surface area contributed by atoms with Crippen LogP contribution in [0, 0.1) is 0 Å². The van der Waals surface area contributed by atoms with E-state index in [1.165, 1.54) is 18.1 Å². The molecule has 10 heteroatoms. The first-order chi connectivity index (χ1) is 15.3. The van der Waals surface area contributed by atoms with Gasteiger partial charge in [0, 0.05) is 23.1 Å². The van der Waals surface area contributed by atoms with Gasteiger partial charge in [0.2, 0.25) is 5.91 Å². The van der Waals surface area contributed by atoms with E-state index in [9.17, 15) is 4.79 Å². The molecular formula is C22H18Cl2N4O2S2. The Morgan fingerprint density at radius 2 is 2.09 bits per heavy atom. The maximum absolute atomic E-state index is 12.5. The maximum Gasteiger partial charge on any atom is 0.234 e. The smallest absolute Gasteiger partial charge is 0.234 e. The summed E-state index contributed by atoms with van der Waals surface area (Å²) in [6.45, 7) is 4.70. The van der Waals surface area contributed by atoms with Gasteiger partial charge in [0.15, 0.2) is 0 Å². The highest BCUT2D eigenvalue weighted by Gasteiger charge is 2.28. The summed E-state index contributed by atoms with van der Waals surface area (Å²) in [7, 11) is 0. The number of nitrogens with one attached hydrogen (secondary N) is 1. The van der Waals surface area contributed by atoms with Crippen LogP contribution in [0.3, 0.4) is 0 Å². The zero-order chi connectivity index (χ0) is 22.5. The SMILES string of the molecule is CC1(C)Cc2nc3sc4c(SCC(=O)Nc5ccc(Cl)c(Cl)c5)ncnc4c3cc2CO1. The average molecular weight is 505 g/mol. The van der Waals surface area contributed by atoms with Crippen LogP contribution in [0.4, 0.5) is 5.69 Å². The highest BCUT2D eigenvalue weighted by Crippen LogP contribution is 2.39. The number of fused-ring (bicyclic) bond motifs is 4. The largest absolute Gasteiger partial charge is 0.370 e. The van der Waals surface area contributed by atoms with Crippen molar-refractivity contribution in [2.75, 3.05) is 11.1 Å². The number of pyridine rings is 1. The van der Waals surface area contributed by atoms with Gasteiger partial charge in [-0.2, -0.15) is 0 Å². The molecule has 6 nitrogen and oxygen atoms in total. The Hall–Kier alpha value is -1.97. The summed E-state index contributed by atoms with van der Waals surface area (Å²) in [6.07, 6.45) is 2.31. The number of thioether (sulfide) groups is 1. The molecule has 0 radical (unpaired) electrons. The molecule has 164 valence electrons. The van der Waals surface area contributed by atoms with Crippen molar-refractivity contribution in [3.05, 3.63) is 51.9 Å². The summed E-state index contributed by atoms with van der Waals surface area (Å²) in [6, 6.07) is 7.12. The molecule has 1 aliphatic rings. The van der Waals surface area contributed by atoms with Crippen molar-refractivity contribution in [1.82, 2.24) is 15.0 Å². The molecule has 5 rings (SSSR count). The molecule has 0 fully saturated rings. The molecule has 1 aromatic carbocycles. The lowest BCUT2D eigenvalue weighted by Gasteiger charge is -2.30. The highest BCUT2D eigenvalue weighted by atomic mass is 35.5. The lowest BCUT2D eigenvalue weighted by Crippen LogP contribution is -2.32. The number of nitrogens with zero attached hydrogens (tertiary/aromatic N) is 3. The van der Waals surface area contributed by atoms with Gasteiger partial charge in [-0.3, -0.25) is 4.79 Å². The van der Waals surface area contributed by atoms with Crippen molar-refractivity contribution in [2.24, 2.45) is 0 Å². The van der Waals surface area contributed by atoms with Gasteiger partial charge < -0.3 is 10.1 Å². The van der Waals surface area contributed by atoms with E-state index < -0.39 is 0 Å². The predicted octanol–water partition coefficient (Wildman–Crippen LogP) is 6.13. The molecule has 1 N–H and O–H groups in total. The number of ether oxygens (including phenoxy) is 1. The fraction of sp³-hybridized carbons (Fsp3) is 0.273. The Kier molecular flexibility index (Phi) is 5.75. The summed E-state index contributed by atoms with van der Waals surface area (Å²) >= 11 is 14.9. The second-order valence-electron chi connectivity index (χ2n) is 8.10. The normalized spacial score (nSPS) is 15.1. The van der Waals surface area contributed by atoms with Crippen LogP contribution in [0.5, 0.6) is 0 Å². The molecule has 0 saturated heterocycles. The van der Waals surface area contributed by atoms with Crippen LogP contribution in [0.2, 0.25) is 10.0 Å². The number of amides is 1. The Morgan fingerprint density at radius 3 is 2.91 bits per heavy atom. The standard InChI is InChI=1S/C22H18Cl2N4O2S2/c1-22(2)7-16-11(8-30-22)5-13-18-19(32-20(13)28-16)21(26-10-25-18)31-9-17(29)27-12-3-4-14(23)15(24)6-12/h3-6,10H,7-9H2,1-2H3,(H,27,29). The van der Waals surface area contributed by atoms with Crippen LogP contribution in [-0.2, 0) is 22.6 Å². The van der Waals surface area contributed by atoms with E-state index in [1.807, 2.05) is 0 Å². The molecule has 3 aromatic heterocycles. The van der Waals surface area contributed by atoms with Gasteiger partial charge in [-0.25, -0.2) is 15.0 Å². The number of anilines is 1. The highest BCUT2D eigenvalue weighted by molar-refractivity contribution is 8.00. The van der Waals surface area contributed by atoms with Gasteiger partial charge >= 0.3 is 0 Å². The van der Waals surface area contributed by atoms with Crippen LogP contribution in [-0.4, -0.2) is 32.2 Å². The second-order valence-corrected chi connectivity index (χ2v) is 10.9. The minimum Gasteiger partial charge on any atom is -0.370 e. The minimum atomic E-state index is -0.215. The van der Waals surface area contributed by atoms with E-state index in [2.05, 4.69) is 35.2 Å². The van der Waals surface area contributed by atoms with Gasteiger partial charge in [-0.1, -0.05) is 35.0 Å². The zero-order valence-electron chi connectivity index (χ0n) is 17.2. The molecule has 1 aliphatic heterocycles. The minimum absolute atomic E-state index is 0.158. The quantitative estimate of drug-likeness (QED) is 0.266. The van der Waals surface area contributed by atoms with Crippen LogP contribution < -0.4 is 5.32 Å². The number of benzene rings is 1. The molecule has 1 amide bonds. The number of aromatic nitrogens is 3. The number of carbonyl (C=O) groups is 1. The van der Waals surface area contributed by atoms with E-state index in [-0.39, 0.29) is 17.3 Å². The third kappa shape index (κ3) is 4.30. The summed E-state index contributed by atoms with van der Waals surface area (Å²) in [5.41, 5.74) is 3.41. The monoisotopic (exact) mass is 504 g/mol. The number of hydrogen-bond donors (Lipinski definition) is 1. The van der Waals surface area contributed by atoms with E-state index in [0.29, 0.717) is 22.3 Å². The molecular weight excluding hydrogens is 487 g/mol. The zero-order valence-corrected chi connectivity index (χ0v) is 20.4. The van der Waals surface area contributed by atoms with Gasteiger partial charge in [0.25, 0.3) is 0 Å². The van der Waals surface area contributed by atoms with Crippen molar-refractivity contribution < 1.29 is 9.53 Å². The van der Waals surface area contributed by atoms with Crippen LogP contribution in [0.15, 0.2) is 35.6 Å². The molecule has 0 bridgehead atoms. The Morgan fingerprint density at radius 1 is 1.25 bits per heavy atom. The molecule has 0 spiro atoms. The van der Waals surface area contributed by atoms with E-state index in [4.69, 9.17) is 32.9 Å². The second kappa shape index (κ2) is 8.43. The van der Waals surface area contributed by atoms with Crippen molar-refractivity contribution >= 4 is 78.3 Å². The third-order valence-corrected chi connectivity index (χ3v) is 8.09. The first kappa shape index (κ1) is 21.9. The molecule has 32 heavy (non-hydrogen) atoms. The molecule has 0 saturated carbocycles. The summed E-state index contributed by atoms with van der Waals surface area (Å²) in [5, 5.41) is 5.42. The number of thiophene rings is 1. The van der Waals surface area contributed by atoms with Crippen LogP contribution in [0.1, 0.15) is 25.1 Å². The fourth-order valence-corrected chi connectivity index (χ4v) is 5.88. The summed E-state index contributed by atoms with van der Waals surface area (Å²) in [4.78, 5) is 27.2. The Labute approximate surface area is 202 Å². The fourth-order valence-electron chi connectivity index (χ4n) is 3.57. The summed E-state index contributed by atoms with van der Waals surface area (Å²) < 4.78 is 6.88. The van der Waals surface area contributed by atoms with Crippen LogP contribution >= 0.6 is 46.3 Å². The average Bonchev–Trinajstić information content (AvgIpc) is 3.10. The predicted molar refractivity (Wildman–Crippen MR) is 131 cm³/mol. The number of hydrogen-bond acceptors (Lipinski definition) is 7. The first-order valence-electron chi connectivity index (χ1n) is 9.87. The lowest BCUT2D eigenvalue weighted by atomic mass is 9.95. The van der Waals surface area contributed by atoms with Crippen molar-refractivity contribution in [3.8, 4) is 0 Å². The third-order valence-electron chi connectivity index (χ3n) is 5.14. The van der Waals surface area contributed by atoms with Crippen molar-refractivity contribution in [3.63, 3.8) is 0 Å². The summed E-state index contributed by atoms with van der Waals surface area (Å²) in [5.74, 6) is 0.0428. The molecule has 0 atom stereocenters. The van der Waals surface area contributed by atoms with Gasteiger partial charge in [0.05, 0.1) is 43.9 Å². The molecule has 0 unspecified atom stereocenters. The Bertz CT molecular complexity index is 1370. The van der Waals surface area contributed by atoms with Gasteiger partial charge in [-0.15, -0.1) is 11.3 Å². The Balaban J connectivity index is 1.39.